The Labute approximate surface area is 132 Å². The Bertz CT molecular complexity index is 637. The minimum absolute atomic E-state index is 0.561. The largest absolute Gasteiger partial charge is 0.371 e. The lowest BCUT2D eigenvalue weighted by atomic mass is 10.0. The van der Waals surface area contributed by atoms with Crippen LogP contribution in [-0.4, -0.2) is 19.1 Å². The molecule has 1 heterocycles. The van der Waals surface area contributed by atoms with Crippen LogP contribution in [0.4, 0.5) is 5.69 Å². The number of benzene rings is 2. The molecule has 112 valence electrons. The van der Waals surface area contributed by atoms with Crippen molar-refractivity contribution in [3.8, 4) is 6.07 Å². The predicted molar refractivity (Wildman–Crippen MR) is 89.7 cm³/mol. The van der Waals surface area contributed by atoms with Crippen LogP contribution >= 0.6 is 0 Å². The highest BCUT2D eigenvalue weighted by Crippen LogP contribution is 2.19. The third-order valence-corrected chi connectivity index (χ3v) is 4.27. The first-order valence-corrected chi connectivity index (χ1v) is 7.87. The molecule has 1 saturated heterocycles. The number of anilines is 1. The molecule has 0 aromatic heterocycles. The van der Waals surface area contributed by atoms with E-state index in [0.29, 0.717) is 6.04 Å². The first-order chi connectivity index (χ1) is 10.8. The van der Waals surface area contributed by atoms with E-state index < -0.39 is 0 Å². The van der Waals surface area contributed by atoms with E-state index in [1.807, 2.05) is 18.2 Å². The number of para-hydroxylation sites is 1. The molecular weight excluding hydrogens is 270 g/mol. The zero-order valence-electron chi connectivity index (χ0n) is 12.7. The first-order valence-electron chi connectivity index (χ1n) is 7.87. The van der Waals surface area contributed by atoms with Crippen molar-refractivity contribution < 1.29 is 0 Å². The molecule has 1 fully saturated rings. The summed E-state index contributed by atoms with van der Waals surface area (Å²) in [7, 11) is 0. The van der Waals surface area contributed by atoms with Gasteiger partial charge in [0.15, 0.2) is 0 Å². The fraction of sp³-hybridized carbons (Fsp3) is 0.316. The van der Waals surface area contributed by atoms with Crippen molar-refractivity contribution in [2.75, 3.05) is 18.0 Å². The van der Waals surface area contributed by atoms with E-state index in [4.69, 9.17) is 5.26 Å². The van der Waals surface area contributed by atoms with Crippen LogP contribution in [0.1, 0.15) is 24.0 Å². The molecule has 1 aliphatic heterocycles. The van der Waals surface area contributed by atoms with Crippen LogP contribution in [0.2, 0.25) is 0 Å². The summed E-state index contributed by atoms with van der Waals surface area (Å²) >= 11 is 0. The normalized spacial score (nSPS) is 15.5. The number of nitrogens with one attached hydrogen (secondary N) is 1. The maximum Gasteiger partial charge on any atom is 0.0991 e. The predicted octanol–water partition coefficient (Wildman–Crippen LogP) is 3.32. The van der Waals surface area contributed by atoms with Crippen LogP contribution in [0.3, 0.4) is 0 Å². The van der Waals surface area contributed by atoms with Crippen LogP contribution in [0.5, 0.6) is 0 Å². The number of hydrogen-bond donors (Lipinski definition) is 1. The van der Waals surface area contributed by atoms with Crippen molar-refractivity contribution in [1.29, 1.82) is 5.26 Å². The van der Waals surface area contributed by atoms with Gasteiger partial charge in [-0.2, -0.15) is 5.26 Å². The topological polar surface area (TPSA) is 39.1 Å². The van der Waals surface area contributed by atoms with Gasteiger partial charge in [-0.25, -0.2) is 0 Å². The van der Waals surface area contributed by atoms with Crippen molar-refractivity contribution in [3.05, 3.63) is 65.7 Å². The molecule has 1 aliphatic rings. The van der Waals surface area contributed by atoms with E-state index in [1.54, 1.807) is 0 Å². The van der Waals surface area contributed by atoms with Crippen molar-refractivity contribution >= 4 is 5.69 Å². The van der Waals surface area contributed by atoms with Gasteiger partial charge < -0.3 is 10.2 Å². The average molecular weight is 291 g/mol. The standard InChI is InChI=1S/C19H21N3/c20-14-16-5-4-6-17(13-16)15-21-18-9-11-22(12-10-18)19-7-2-1-3-8-19/h1-8,13,18,21H,9-12,15H2. The van der Waals surface area contributed by atoms with Crippen LogP contribution < -0.4 is 10.2 Å². The second kappa shape index (κ2) is 7.11. The van der Waals surface area contributed by atoms with Crippen LogP contribution in [0.15, 0.2) is 54.6 Å². The molecule has 3 heteroatoms. The SMILES string of the molecule is N#Cc1cccc(CNC2CCN(c3ccccc3)CC2)c1. The smallest absolute Gasteiger partial charge is 0.0991 e. The van der Waals surface area contributed by atoms with Gasteiger partial charge in [0.05, 0.1) is 11.6 Å². The van der Waals surface area contributed by atoms with Gasteiger partial charge in [-0.3, -0.25) is 0 Å². The minimum Gasteiger partial charge on any atom is -0.371 e. The number of piperidine rings is 1. The lowest BCUT2D eigenvalue weighted by Gasteiger charge is -2.34. The van der Waals surface area contributed by atoms with Crippen LogP contribution in [0, 0.1) is 11.3 Å². The van der Waals surface area contributed by atoms with Gasteiger partial charge in [-0.15, -0.1) is 0 Å². The molecule has 0 spiro atoms. The van der Waals surface area contributed by atoms with E-state index in [1.165, 1.54) is 11.3 Å². The summed E-state index contributed by atoms with van der Waals surface area (Å²) < 4.78 is 0. The lowest BCUT2D eigenvalue weighted by Crippen LogP contribution is -2.42. The molecule has 0 aliphatic carbocycles. The molecule has 0 amide bonds. The molecule has 22 heavy (non-hydrogen) atoms. The van der Waals surface area contributed by atoms with Gasteiger partial charge in [-0.1, -0.05) is 30.3 Å². The molecule has 0 atom stereocenters. The molecule has 1 N–H and O–H groups in total. The molecule has 3 rings (SSSR count). The maximum absolute atomic E-state index is 8.94. The Morgan fingerprint density at radius 2 is 1.82 bits per heavy atom. The highest BCUT2D eigenvalue weighted by atomic mass is 15.1. The molecule has 2 aromatic rings. The summed E-state index contributed by atoms with van der Waals surface area (Å²) in [5.74, 6) is 0. The molecule has 0 saturated carbocycles. The second-order valence-electron chi connectivity index (χ2n) is 5.79. The summed E-state index contributed by atoms with van der Waals surface area (Å²) in [5.41, 5.74) is 3.24. The molecule has 3 nitrogen and oxygen atoms in total. The zero-order chi connectivity index (χ0) is 15.2. The van der Waals surface area contributed by atoms with E-state index in [9.17, 15) is 0 Å². The fourth-order valence-electron chi connectivity index (χ4n) is 2.99. The maximum atomic E-state index is 8.94. The summed E-state index contributed by atoms with van der Waals surface area (Å²) in [6.45, 7) is 3.03. The number of hydrogen-bond acceptors (Lipinski definition) is 3. The Kier molecular flexibility index (Phi) is 4.72. The van der Waals surface area contributed by atoms with Gasteiger partial charge in [0.2, 0.25) is 0 Å². The third kappa shape index (κ3) is 3.66. The molecule has 0 bridgehead atoms. The van der Waals surface area contributed by atoms with Gasteiger partial charge in [-0.05, 0) is 42.7 Å². The summed E-state index contributed by atoms with van der Waals surface area (Å²) in [4.78, 5) is 2.45. The third-order valence-electron chi connectivity index (χ3n) is 4.27. The highest BCUT2D eigenvalue weighted by Gasteiger charge is 2.18. The van der Waals surface area contributed by atoms with Gasteiger partial charge in [0, 0.05) is 31.4 Å². The average Bonchev–Trinajstić information content (AvgIpc) is 2.61. The van der Waals surface area contributed by atoms with E-state index in [-0.39, 0.29) is 0 Å². The molecule has 0 unspecified atom stereocenters. The summed E-state index contributed by atoms with van der Waals surface area (Å²) in [6.07, 6.45) is 2.32. The summed E-state index contributed by atoms with van der Waals surface area (Å²) in [5, 5.41) is 12.6. The number of rotatable bonds is 4. The Morgan fingerprint density at radius 3 is 2.55 bits per heavy atom. The Morgan fingerprint density at radius 1 is 1.05 bits per heavy atom. The van der Waals surface area contributed by atoms with Gasteiger partial charge in [0.1, 0.15) is 0 Å². The van der Waals surface area contributed by atoms with Crippen molar-refractivity contribution in [2.45, 2.75) is 25.4 Å². The van der Waals surface area contributed by atoms with Gasteiger partial charge >= 0.3 is 0 Å². The minimum atomic E-state index is 0.561. The lowest BCUT2D eigenvalue weighted by molar-refractivity contribution is 0.414. The Hall–Kier alpha value is -2.31. The van der Waals surface area contributed by atoms with Crippen LogP contribution in [0.25, 0.3) is 0 Å². The molecule has 2 aromatic carbocycles. The van der Waals surface area contributed by atoms with Gasteiger partial charge in [0.25, 0.3) is 0 Å². The van der Waals surface area contributed by atoms with Crippen LogP contribution in [-0.2, 0) is 6.54 Å². The monoisotopic (exact) mass is 291 g/mol. The van der Waals surface area contributed by atoms with E-state index in [0.717, 1.165) is 38.0 Å². The first kappa shape index (κ1) is 14.6. The quantitative estimate of drug-likeness (QED) is 0.939. The molecular formula is C19H21N3. The number of nitriles is 1. The van der Waals surface area contributed by atoms with Crippen molar-refractivity contribution in [1.82, 2.24) is 5.32 Å². The van der Waals surface area contributed by atoms with Crippen molar-refractivity contribution in [3.63, 3.8) is 0 Å². The zero-order valence-corrected chi connectivity index (χ0v) is 12.7. The second-order valence-corrected chi connectivity index (χ2v) is 5.79. The summed E-state index contributed by atoms with van der Waals surface area (Å²) in [6, 6.07) is 21.2. The molecule has 0 radical (unpaired) electrons. The fourth-order valence-corrected chi connectivity index (χ4v) is 2.99. The number of nitrogens with zero attached hydrogens (tertiary/aromatic N) is 2. The Balaban J connectivity index is 1.49. The van der Waals surface area contributed by atoms with E-state index in [2.05, 4.69) is 52.7 Å². The highest BCUT2D eigenvalue weighted by molar-refractivity contribution is 5.46. The van der Waals surface area contributed by atoms with Crippen molar-refractivity contribution in [2.24, 2.45) is 0 Å². The van der Waals surface area contributed by atoms with E-state index >= 15 is 0 Å².